The van der Waals surface area contributed by atoms with E-state index < -0.39 is 29.1 Å². The molecule has 4 N–H and O–H groups in total. The zero-order chi connectivity index (χ0) is 22.8. The fraction of sp³-hybridized carbons (Fsp3) is 0.182. The molecule has 1 aromatic heterocycles. The number of halogens is 1. The molecule has 0 saturated heterocycles. The number of aromatic amines is 1. The number of nitrogens with one attached hydrogen (secondary N) is 4. The molecule has 164 valence electrons. The van der Waals surface area contributed by atoms with Crippen LogP contribution >= 0.6 is 0 Å². The van der Waals surface area contributed by atoms with Crippen LogP contribution in [0.2, 0.25) is 0 Å². The molecule has 32 heavy (non-hydrogen) atoms. The molecule has 1 aliphatic heterocycles. The molecule has 2 amide bonds. The summed E-state index contributed by atoms with van der Waals surface area (Å²) in [6.45, 7) is 1.86. The van der Waals surface area contributed by atoms with Gasteiger partial charge in [0.2, 0.25) is 17.8 Å². The molecule has 1 aliphatic rings. The summed E-state index contributed by atoms with van der Waals surface area (Å²) in [5, 5.41) is 8.13. The number of fused-ring (bicyclic) bond motifs is 1. The van der Waals surface area contributed by atoms with Crippen LogP contribution in [-0.4, -0.2) is 28.9 Å². The Labute approximate surface area is 182 Å². The highest BCUT2D eigenvalue weighted by atomic mass is 19.1. The quantitative estimate of drug-likeness (QED) is 0.486. The van der Waals surface area contributed by atoms with Crippen molar-refractivity contribution in [1.82, 2.24) is 9.97 Å². The lowest BCUT2D eigenvalue weighted by molar-refractivity contribution is -0.123. The zero-order valence-electron chi connectivity index (χ0n) is 17.3. The largest absolute Gasteiger partial charge is 0.495 e. The predicted octanol–water partition coefficient (Wildman–Crippen LogP) is 3.03. The highest BCUT2D eigenvalue weighted by molar-refractivity contribution is 6.05. The molecule has 3 aromatic rings. The Hall–Kier alpha value is -4.21. The van der Waals surface area contributed by atoms with Gasteiger partial charge in [-0.15, -0.1) is 0 Å². The van der Waals surface area contributed by atoms with Gasteiger partial charge in [0.25, 0.3) is 5.56 Å². The minimum Gasteiger partial charge on any atom is -0.495 e. The molecule has 0 spiro atoms. The van der Waals surface area contributed by atoms with E-state index in [1.54, 1.807) is 12.1 Å². The number of H-pyrrole nitrogens is 1. The number of carbonyl (C=O) groups excluding carboxylic acids is 2. The van der Waals surface area contributed by atoms with Crippen molar-refractivity contribution in [2.24, 2.45) is 0 Å². The second-order valence-corrected chi connectivity index (χ2v) is 7.31. The van der Waals surface area contributed by atoms with Gasteiger partial charge in [-0.1, -0.05) is 6.07 Å². The highest BCUT2D eigenvalue weighted by Crippen LogP contribution is 2.32. The van der Waals surface area contributed by atoms with E-state index in [1.165, 1.54) is 31.4 Å². The van der Waals surface area contributed by atoms with Crippen LogP contribution < -0.4 is 26.2 Å². The number of amides is 2. The number of benzene rings is 2. The summed E-state index contributed by atoms with van der Waals surface area (Å²) in [6, 6.07) is 10.7. The van der Waals surface area contributed by atoms with E-state index >= 15 is 0 Å². The van der Waals surface area contributed by atoms with Crippen molar-refractivity contribution in [3.8, 4) is 5.75 Å². The third-order valence-electron chi connectivity index (χ3n) is 4.99. The molecule has 4 rings (SSSR count). The fourth-order valence-electron chi connectivity index (χ4n) is 3.46. The molecule has 1 atom stereocenters. The van der Waals surface area contributed by atoms with Gasteiger partial charge < -0.3 is 20.7 Å². The van der Waals surface area contributed by atoms with Crippen molar-refractivity contribution in [3.63, 3.8) is 0 Å². The van der Waals surface area contributed by atoms with E-state index in [-0.39, 0.29) is 23.8 Å². The summed E-state index contributed by atoms with van der Waals surface area (Å²) in [7, 11) is 1.48. The molecule has 2 aromatic carbocycles. The summed E-state index contributed by atoms with van der Waals surface area (Å²) in [6.07, 6.45) is -0.206. The average molecular weight is 437 g/mol. The van der Waals surface area contributed by atoms with Crippen LogP contribution in [0.4, 0.5) is 27.5 Å². The number of ether oxygens (including phenoxy) is 1. The van der Waals surface area contributed by atoms with Crippen molar-refractivity contribution in [2.75, 3.05) is 23.1 Å². The molecule has 0 saturated carbocycles. The van der Waals surface area contributed by atoms with Crippen molar-refractivity contribution >= 4 is 35.0 Å². The highest BCUT2D eigenvalue weighted by Gasteiger charge is 2.35. The number of nitrogens with zero attached hydrogens (tertiary/aromatic N) is 1. The topological polar surface area (TPSA) is 125 Å². The van der Waals surface area contributed by atoms with E-state index in [9.17, 15) is 18.8 Å². The normalized spacial score (nSPS) is 14.8. The number of hydrogen-bond donors (Lipinski definition) is 4. The van der Waals surface area contributed by atoms with Crippen LogP contribution in [0, 0.1) is 12.7 Å². The molecule has 1 unspecified atom stereocenters. The summed E-state index contributed by atoms with van der Waals surface area (Å²) in [4.78, 5) is 44.9. The average Bonchev–Trinajstić information content (AvgIpc) is 2.74. The van der Waals surface area contributed by atoms with Gasteiger partial charge in [0.05, 0.1) is 24.3 Å². The molecule has 0 fully saturated rings. The van der Waals surface area contributed by atoms with Crippen LogP contribution in [0.25, 0.3) is 0 Å². The Kier molecular flexibility index (Phi) is 5.59. The number of anilines is 4. The van der Waals surface area contributed by atoms with E-state index in [0.717, 1.165) is 5.56 Å². The molecular weight excluding hydrogens is 417 g/mol. The van der Waals surface area contributed by atoms with Crippen LogP contribution in [0.15, 0.2) is 47.3 Å². The van der Waals surface area contributed by atoms with Gasteiger partial charge in [-0.3, -0.25) is 19.4 Å². The van der Waals surface area contributed by atoms with Gasteiger partial charge in [0, 0.05) is 12.1 Å². The van der Waals surface area contributed by atoms with Gasteiger partial charge >= 0.3 is 0 Å². The molecule has 0 bridgehead atoms. The maximum Gasteiger partial charge on any atom is 0.258 e. The number of hydrogen-bond acceptors (Lipinski definition) is 6. The Balaban J connectivity index is 1.65. The monoisotopic (exact) mass is 437 g/mol. The first-order valence-electron chi connectivity index (χ1n) is 9.76. The molecule has 9 nitrogen and oxygen atoms in total. The molecule has 10 heteroatoms. The standard InChI is InChI=1S/C22H20FN5O4/c1-11-3-8-16(32-2)15(9-11)25-20(30)14-10-17(29)26-19-18(14)21(31)28-22(27-19)24-13-6-4-12(23)5-7-13/h3-9,14H,10H2,1-2H3,(H,25,30)(H3,24,26,27,28,29,31). The SMILES string of the molecule is COc1ccc(C)cc1NC(=O)C1CC(=O)Nc2nc(Nc3ccc(F)cc3)[nH]c(=O)c21. The first-order chi connectivity index (χ1) is 15.3. The van der Waals surface area contributed by atoms with Crippen LogP contribution in [0.1, 0.15) is 23.5 Å². The Bertz CT molecular complexity index is 1260. The minimum absolute atomic E-state index is 0.00836. The van der Waals surface area contributed by atoms with Crippen molar-refractivity contribution < 1.29 is 18.7 Å². The Morgan fingerprint density at radius 3 is 2.66 bits per heavy atom. The van der Waals surface area contributed by atoms with Crippen LogP contribution in [0.5, 0.6) is 5.75 Å². The van der Waals surface area contributed by atoms with E-state index in [2.05, 4.69) is 25.9 Å². The summed E-state index contributed by atoms with van der Waals surface area (Å²) in [5.74, 6) is -1.94. The first-order valence-corrected chi connectivity index (χ1v) is 9.76. The van der Waals surface area contributed by atoms with Gasteiger partial charge in [-0.05, 0) is 48.9 Å². The van der Waals surface area contributed by atoms with E-state index in [1.807, 2.05) is 13.0 Å². The number of aromatic nitrogens is 2. The van der Waals surface area contributed by atoms with Gasteiger partial charge in [-0.25, -0.2) is 4.39 Å². The second kappa shape index (κ2) is 8.50. The number of aryl methyl sites for hydroxylation is 1. The minimum atomic E-state index is -1.04. The van der Waals surface area contributed by atoms with Gasteiger partial charge in [0.1, 0.15) is 17.4 Å². The maximum atomic E-state index is 13.1. The van der Waals surface area contributed by atoms with Gasteiger partial charge in [0.15, 0.2) is 0 Å². The Morgan fingerprint density at radius 2 is 1.94 bits per heavy atom. The van der Waals surface area contributed by atoms with E-state index in [0.29, 0.717) is 17.1 Å². The van der Waals surface area contributed by atoms with Crippen molar-refractivity contribution in [3.05, 3.63) is 69.8 Å². The molecule has 0 aliphatic carbocycles. The zero-order valence-corrected chi connectivity index (χ0v) is 17.3. The van der Waals surface area contributed by atoms with Crippen LogP contribution in [-0.2, 0) is 9.59 Å². The van der Waals surface area contributed by atoms with Crippen LogP contribution in [0.3, 0.4) is 0 Å². The third kappa shape index (κ3) is 4.29. The lowest BCUT2D eigenvalue weighted by Gasteiger charge is -2.24. The number of rotatable bonds is 5. The summed E-state index contributed by atoms with van der Waals surface area (Å²) < 4.78 is 18.4. The smallest absolute Gasteiger partial charge is 0.258 e. The molecule has 0 radical (unpaired) electrons. The first kappa shape index (κ1) is 21.0. The molecular formula is C22H20FN5O4. The van der Waals surface area contributed by atoms with Gasteiger partial charge in [-0.2, -0.15) is 4.98 Å². The summed E-state index contributed by atoms with van der Waals surface area (Å²) >= 11 is 0. The summed E-state index contributed by atoms with van der Waals surface area (Å²) in [5.41, 5.74) is 1.30. The lowest BCUT2D eigenvalue weighted by Crippen LogP contribution is -2.36. The van der Waals surface area contributed by atoms with E-state index in [4.69, 9.17) is 4.74 Å². The second-order valence-electron chi connectivity index (χ2n) is 7.31. The predicted molar refractivity (Wildman–Crippen MR) is 117 cm³/mol. The molecule has 2 heterocycles. The van der Waals surface area contributed by atoms with Crippen molar-refractivity contribution in [1.29, 1.82) is 0 Å². The lowest BCUT2D eigenvalue weighted by atomic mass is 9.92. The fourth-order valence-corrected chi connectivity index (χ4v) is 3.46. The number of carbonyl (C=O) groups is 2. The third-order valence-corrected chi connectivity index (χ3v) is 4.99. The maximum absolute atomic E-state index is 13.1. The number of methoxy groups -OCH3 is 1. The van der Waals surface area contributed by atoms with Crippen molar-refractivity contribution in [2.45, 2.75) is 19.3 Å². The Morgan fingerprint density at radius 1 is 1.19 bits per heavy atom.